The first-order valence-electron chi connectivity index (χ1n) is 8.61. The molecule has 1 aromatic carbocycles. The molecule has 0 unspecified atom stereocenters. The molecule has 1 aliphatic rings. The van der Waals surface area contributed by atoms with Crippen molar-refractivity contribution < 1.29 is 18.8 Å². The Hall–Kier alpha value is -1.88. The number of esters is 1. The number of nitrogens with one attached hydrogen (secondary N) is 1. The van der Waals surface area contributed by atoms with E-state index in [2.05, 4.69) is 26.3 Å². The number of anilines is 1. The van der Waals surface area contributed by atoms with Crippen molar-refractivity contribution in [3.05, 3.63) is 28.8 Å². The van der Waals surface area contributed by atoms with Gasteiger partial charge >= 0.3 is 5.97 Å². The molecular weight excluding hydrogens is 304 g/mol. The third-order valence-electron chi connectivity index (χ3n) is 5.31. The smallest absolute Gasteiger partial charge is 0.340 e. The van der Waals surface area contributed by atoms with Gasteiger partial charge in [0.15, 0.2) is 5.54 Å². The van der Waals surface area contributed by atoms with Crippen molar-refractivity contribution in [3.63, 3.8) is 0 Å². The Morgan fingerprint density at radius 1 is 1.21 bits per heavy atom. The molecule has 1 N–H and O–H groups in total. The summed E-state index contributed by atoms with van der Waals surface area (Å²) in [6.45, 7) is 8.90. The molecule has 1 aromatic rings. The van der Waals surface area contributed by atoms with E-state index in [-0.39, 0.29) is 5.91 Å². The lowest BCUT2D eigenvalue weighted by atomic mass is 10.0. The average molecular weight is 333 g/mol. The van der Waals surface area contributed by atoms with Crippen molar-refractivity contribution in [1.82, 2.24) is 0 Å². The number of carbonyl (C=O) groups is 2. The van der Waals surface area contributed by atoms with Gasteiger partial charge in [-0.15, -0.1) is 0 Å². The van der Waals surface area contributed by atoms with Crippen LogP contribution in [0.15, 0.2) is 12.1 Å². The molecule has 1 aliphatic carbocycles. The first kappa shape index (κ1) is 18.5. The highest BCUT2D eigenvalue weighted by Gasteiger charge is 2.62. The molecule has 0 spiro atoms. The summed E-state index contributed by atoms with van der Waals surface area (Å²) in [5.41, 5.74) is 2.47. The van der Waals surface area contributed by atoms with Crippen LogP contribution in [0.3, 0.4) is 0 Å². The van der Waals surface area contributed by atoms with E-state index in [1.54, 1.807) is 13.0 Å². The number of nitrogens with zero attached hydrogens (tertiary/aromatic N) is 1. The maximum Gasteiger partial charge on any atom is 0.340 e. The molecule has 132 valence electrons. The number of amides is 1. The molecule has 5 heteroatoms. The second-order valence-corrected chi connectivity index (χ2v) is 7.21. The first-order chi connectivity index (χ1) is 11.2. The van der Waals surface area contributed by atoms with Gasteiger partial charge in [-0.3, -0.25) is 4.79 Å². The molecule has 0 radical (unpaired) electrons. The van der Waals surface area contributed by atoms with Gasteiger partial charge in [-0.1, -0.05) is 6.07 Å². The molecule has 5 nitrogen and oxygen atoms in total. The minimum atomic E-state index is -0.395. The predicted molar refractivity (Wildman–Crippen MR) is 95.1 cm³/mol. The van der Waals surface area contributed by atoms with E-state index < -0.39 is 11.5 Å². The van der Waals surface area contributed by atoms with Crippen LogP contribution < -0.4 is 5.32 Å². The van der Waals surface area contributed by atoms with Gasteiger partial charge in [-0.05, 0) is 44.9 Å². The molecular formula is C19H29N2O3+. The van der Waals surface area contributed by atoms with Crippen LogP contribution in [0.4, 0.5) is 5.69 Å². The number of likely N-dealkylation sites (N-methyl/N-ethyl adjacent to an activating group) is 1. The van der Waals surface area contributed by atoms with Gasteiger partial charge in [-0.25, -0.2) is 4.79 Å². The Bertz CT molecular complexity index is 661. The Morgan fingerprint density at radius 2 is 1.83 bits per heavy atom. The van der Waals surface area contributed by atoms with Gasteiger partial charge in [0.2, 0.25) is 0 Å². The van der Waals surface area contributed by atoms with Gasteiger partial charge < -0.3 is 14.5 Å². The van der Waals surface area contributed by atoms with Crippen LogP contribution in [-0.4, -0.2) is 49.1 Å². The lowest BCUT2D eigenvalue weighted by Gasteiger charge is -2.36. The summed E-state index contributed by atoms with van der Waals surface area (Å²) >= 11 is 0. The minimum absolute atomic E-state index is 0.00754. The highest BCUT2D eigenvalue weighted by molar-refractivity contribution is 6.05. The second-order valence-electron chi connectivity index (χ2n) is 7.21. The van der Waals surface area contributed by atoms with Crippen molar-refractivity contribution in [1.29, 1.82) is 0 Å². The fourth-order valence-corrected chi connectivity index (χ4v) is 3.26. The van der Waals surface area contributed by atoms with E-state index in [1.165, 1.54) is 0 Å². The lowest BCUT2D eigenvalue weighted by molar-refractivity contribution is -0.914. The number of benzene rings is 1. The molecule has 2 rings (SSSR count). The summed E-state index contributed by atoms with van der Waals surface area (Å²) in [6, 6.07) is 3.75. The number of ether oxygens (including phenoxy) is 1. The molecule has 24 heavy (non-hydrogen) atoms. The summed E-state index contributed by atoms with van der Waals surface area (Å²) in [4.78, 5) is 25.3. The molecule has 0 aromatic heterocycles. The topological polar surface area (TPSA) is 55.4 Å². The summed E-state index contributed by atoms with van der Waals surface area (Å²) in [5.74, 6) is -0.402. The molecule has 0 saturated heterocycles. The second kappa shape index (κ2) is 6.55. The number of aryl methyl sites for hydroxylation is 2. The van der Waals surface area contributed by atoms with Crippen LogP contribution in [0.25, 0.3) is 0 Å². The zero-order valence-electron chi connectivity index (χ0n) is 15.7. The van der Waals surface area contributed by atoms with Crippen molar-refractivity contribution >= 4 is 17.6 Å². The molecule has 0 bridgehead atoms. The molecule has 0 atom stereocenters. The minimum Gasteiger partial charge on any atom is -0.462 e. The van der Waals surface area contributed by atoms with E-state index >= 15 is 0 Å². The highest BCUT2D eigenvalue weighted by Crippen LogP contribution is 2.46. The SMILES string of the molecule is CCOC(=O)c1cc(C)cc(C)c1NC(=O)C1([N+](C)(C)CC)CC1. The lowest BCUT2D eigenvalue weighted by Crippen LogP contribution is -2.56. The number of rotatable bonds is 6. The largest absolute Gasteiger partial charge is 0.462 e. The van der Waals surface area contributed by atoms with Crippen LogP contribution in [0.1, 0.15) is 48.2 Å². The van der Waals surface area contributed by atoms with Gasteiger partial charge in [-0.2, -0.15) is 0 Å². The molecule has 0 aliphatic heterocycles. The quantitative estimate of drug-likeness (QED) is 0.643. The Kier molecular flexibility index (Phi) is 5.04. The van der Waals surface area contributed by atoms with Crippen LogP contribution in [0.2, 0.25) is 0 Å². The monoisotopic (exact) mass is 333 g/mol. The number of hydrogen-bond donors (Lipinski definition) is 1. The Labute approximate surface area is 144 Å². The molecule has 0 heterocycles. The molecule has 1 saturated carbocycles. The van der Waals surface area contributed by atoms with Crippen molar-refractivity contribution in [2.45, 2.75) is 46.1 Å². The van der Waals surface area contributed by atoms with Crippen molar-refractivity contribution in [3.8, 4) is 0 Å². The van der Waals surface area contributed by atoms with Crippen molar-refractivity contribution in [2.24, 2.45) is 0 Å². The Morgan fingerprint density at radius 3 is 2.33 bits per heavy atom. The van der Waals surface area contributed by atoms with Crippen LogP contribution in [0.5, 0.6) is 0 Å². The van der Waals surface area contributed by atoms with E-state index in [1.807, 2.05) is 19.9 Å². The van der Waals surface area contributed by atoms with Gasteiger partial charge in [0.25, 0.3) is 5.91 Å². The third-order valence-corrected chi connectivity index (χ3v) is 5.31. The fraction of sp³-hybridized carbons (Fsp3) is 0.579. The third kappa shape index (κ3) is 3.18. The van der Waals surface area contributed by atoms with E-state index in [4.69, 9.17) is 4.74 Å². The highest BCUT2D eigenvalue weighted by atomic mass is 16.5. The van der Waals surface area contributed by atoms with Gasteiger partial charge in [0.05, 0.1) is 38.5 Å². The van der Waals surface area contributed by atoms with Crippen LogP contribution >= 0.6 is 0 Å². The first-order valence-corrected chi connectivity index (χ1v) is 8.61. The fourth-order valence-electron chi connectivity index (χ4n) is 3.26. The standard InChI is InChI=1S/C19H28N2O3/c1-7-21(5,6)19(9-10-19)18(23)20-16-14(4)11-13(3)12-15(16)17(22)24-8-2/h11-12H,7-10H2,1-6H3/p+1. The van der Waals surface area contributed by atoms with Crippen molar-refractivity contribution in [2.75, 3.05) is 32.6 Å². The van der Waals surface area contributed by atoms with Crippen LogP contribution in [0, 0.1) is 13.8 Å². The summed E-state index contributed by atoms with van der Waals surface area (Å²) in [5, 5.41) is 3.03. The van der Waals surface area contributed by atoms with E-state index in [0.29, 0.717) is 22.3 Å². The average Bonchev–Trinajstić information content (AvgIpc) is 3.32. The summed E-state index contributed by atoms with van der Waals surface area (Å²) in [7, 11) is 4.17. The maximum atomic E-state index is 13.0. The zero-order chi connectivity index (χ0) is 18.1. The number of carbonyl (C=O) groups excluding carboxylic acids is 2. The van der Waals surface area contributed by atoms with Gasteiger partial charge in [0, 0.05) is 12.8 Å². The molecule has 1 amide bonds. The number of quaternary nitrogens is 1. The van der Waals surface area contributed by atoms with E-state index in [9.17, 15) is 9.59 Å². The number of hydrogen-bond acceptors (Lipinski definition) is 3. The molecule has 1 fully saturated rings. The normalized spacial score (nSPS) is 15.8. The van der Waals surface area contributed by atoms with Crippen LogP contribution in [-0.2, 0) is 9.53 Å². The predicted octanol–water partition coefficient (Wildman–Crippen LogP) is 3.05. The summed E-state index contributed by atoms with van der Waals surface area (Å²) < 4.78 is 5.81. The maximum absolute atomic E-state index is 13.0. The van der Waals surface area contributed by atoms with E-state index in [0.717, 1.165) is 30.5 Å². The Balaban J connectivity index is 2.36. The zero-order valence-corrected chi connectivity index (χ0v) is 15.7. The summed E-state index contributed by atoms with van der Waals surface area (Å²) in [6.07, 6.45) is 1.75. The van der Waals surface area contributed by atoms with Gasteiger partial charge in [0.1, 0.15) is 0 Å².